The smallest absolute Gasteiger partial charge is 0.318 e. The molecule has 26 heavy (non-hydrogen) atoms. The quantitative estimate of drug-likeness (QED) is 0.719. The summed E-state index contributed by atoms with van der Waals surface area (Å²) in [5.41, 5.74) is 0.723. The van der Waals surface area contributed by atoms with E-state index < -0.39 is 28.6 Å². The number of ether oxygens (including phenoxy) is 1. The number of hydrogen-bond acceptors (Lipinski definition) is 6. The first kappa shape index (κ1) is 19.8. The van der Waals surface area contributed by atoms with Gasteiger partial charge in [-0.1, -0.05) is 6.07 Å². The van der Waals surface area contributed by atoms with Crippen LogP contribution >= 0.6 is 0 Å². The number of aliphatic carboxylic acids is 1. The van der Waals surface area contributed by atoms with E-state index in [1.54, 1.807) is 18.2 Å². The molecule has 1 aliphatic rings. The van der Waals surface area contributed by atoms with E-state index in [2.05, 4.69) is 0 Å². The number of hydrogen-bond donors (Lipinski definition) is 1. The molecule has 1 fully saturated rings. The minimum absolute atomic E-state index is 0.126. The van der Waals surface area contributed by atoms with E-state index in [0.29, 0.717) is 17.7 Å². The van der Waals surface area contributed by atoms with Crippen LogP contribution in [0.3, 0.4) is 0 Å². The Morgan fingerprint density at radius 2 is 2.19 bits per heavy atom. The van der Waals surface area contributed by atoms with E-state index in [4.69, 9.17) is 15.1 Å². The van der Waals surface area contributed by atoms with E-state index >= 15 is 0 Å². The van der Waals surface area contributed by atoms with Gasteiger partial charge in [-0.3, -0.25) is 9.59 Å². The van der Waals surface area contributed by atoms with Crippen LogP contribution in [0.2, 0.25) is 0 Å². The lowest BCUT2D eigenvalue weighted by Gasteiger charge is -2.35. The highest BCUT2D eigenvalue weighted by atomic mass is 32.2. The summed E-state index contributed by atoms with van der Waals surface area (Å²) in [6.07, 6.45) is 0.288. The summed E-state index contributed by atoms with van der Waals surface area (Å²) < 4.78 is 29.8. The number of carbonyl (C=O) groups is 2. The molecule has 1 saturated heterocycles. The number of carbonyl (C=O) groups excluding carboxylic acids is 1. The number of morpholine rings is 1. The zero-order chi connectivity index (χ0) is 19.3. The molecule has 1 atom stereocenters. The first-order chi connectivity index (χ1) is 12.2. The van der Waals surface area contributed by atoms with E-state index in [-0.39, 0.29) is 25.6 Å². The van der Waals surface area contributed by atoms with Gasteiger partial charge in [0.2, 0.25) is 10.0 Å². The number of carboxylic acid groups (broad SMARTS) is 1. The third-order valence-corrected chi connectivity index (χ3v) is 5.07. The molecule has 1 heterocycles. The molecule has 140 valence electrons. The Morgan fingerprint density at radius 3 is 2.81 bits per heavy atom. The van der Waals surface area contributed by atoms with Gasteiger partial charge in [0.25, 0.3) is 5.91 Å². The summed E-state index contributed by atoms with van der Waals surface area (Å²) in [5, 5.41) is 17.8. The second kappa shape index (κ2) is 8.27. The van der Waals surface area contributed by atoms with Crippen LogP contribution in [0.4, 0.5) is 0 Å². The molecular formula is C16H19N3O6S. The fraction of sp³-hybridized carbons (Fsp3) is 0.438. The van der Waals surface area contributed by atoms with Gasteiger partial charge in [0.15, 0.2) is 0 Å². The molecule has 0 spiro atoms. The summed E-state index contributed by atoms with van der Waals surface area (Å²) in [4.78, 5) is 25.0. The maximum atomic E-state index is 12.6. The third-order valence-electron chi connectivity index (χ3n) is 3.85. The summed E-state index contributed by atoms with van der Waals surface area (Å²) in [7, 11) is -3.73. The lowest BCUT2D eigenvalue weighted by molar-refractivity contribution is -0.137. The molecule has 1 aromatic carbocycles. The van der Waals surface area contributed by atoms with Crippen LogP contribution in [-0.4, -0.2) is 79.8 Å². The maximum Gasteiger partial charge on any atom is 0.318 e. The summed E-state index contributed by atoms with van der Waals surface area (Å²) >= 11 is 0. The highest BCUT2D eigenvalue weighted by Crippen LogP contribution is 2.14. The normalized spacial score (nSPS) is 17.7. The van der Waals surface area contributed by atoms with Crippen molar-refractivity contribution >= 4 is 21.9 Å². The van der Waals surface area contributed by atoms with Crippen LogP contribution in [0.25, 0.3) is 0 Å². The topological polar surface area (TPSA) is 128 Å². The number of sulfonamides is 1. The van der Waals surface area contributed by atoms with Crippen molar-refractivity contribution in [3.63, 3.8) is 0 Å². The van der Waals surface area contributed by atoms with Crippen LogP contribution in [0.15, 0.2) is 24.3 Å². The Labute approximate surface area is 151 Å². The highest BCUT2D eigenvalue weighted by Gasteiger charge is 2.30. The lowest BCUT2D eigenvalue weighted by atomic mass is 10.1. The Morgan fingerprint density at radius 1 is 1.46 bits per heavy atom. The summed E-state index contributed by atoms with van der Waals surface area (Å²) in [5.74, 6) is -1.56. The Kier molecular flexibility index (Phi) is 6.31. The van der Waals surface area contributed by atoms with Gasteiger partial charge >= 0.3 is 5.97 Å². The fourth-order valence-electron chi connectivity index (χ4n) is 2.61. The van der Waals surface area contributed by atoms with Crippen LogP contribution in [0.1, 0.15) is 15.9 Å². The van der Waals surface area contributed by atoms with Gasteiger partial charge < -0.3 is 14.7 Å². The monoisotopic (exact) mass is 381 g/mol. The molecule has 1 amide bonds. The Bertz CT molecular complexity index is 833. The summed E-state index contributed by atoms with van der Waals surface area (Å²) in [6.45, 7) is -0.172. The predicted molar refractivity (Wildman–Crippen MR) is 90.9 cm³/mol. The molecular weight excluding hydrogens is 362 g/mol. The van der Waals surface area contributed by atoms with Gasteiger partial charge in [-0.05, 0) is 18.2 Å². The first-order valence-electron chi connectivity index (χ1n) is 7.78. The van der Waals surface area contributed by atoms with Crippen molar-refractivity contribution in [3.8, 4) is 6.07 Å². The van der Waals surface area contributed by atoms with E-state index in [0.717, 1.165) is 10.6 Å². The molecule has 0 aliphatic carbocycles. The van der Waals surface area contributed by atoms with Gasteiger partial charge in [0.1, 0.15) is 6.54 Å². The van der Waals surface area contributed by atoms with Gasteiger partial charge in [0.05, 0.1) is 30.6 Å². The molecule has 10 heteroatoms. The van der Waals surface area contributed by atoms with Gasteiger partial charge in [-0.15, -0.1) is 0 Å². The van der Waals surface area contributed by atoms with Gasteiger partial charge in [-0.2, -0.15) is 9.57 Å². The first-order valence-corrected chi connectivity index (χ1v) is 9.63. The minimum atomic E-state index is -3.73. The number of nitrogens with zero attached hydrogens (tertiary/aromatic N) is 3. The number of benzene rings is 1. The molecule has 1 N–H and O–H groups in total. The lowest BCUT2D eigenvalue weighted by Crippen LogP contribution is -2.51. The van der Waals surface area contributed by atoms with Crippen LogP contribution in [-0.2, 0) is 19.6 Å². The third kappa shape index (κ3) is 5.26. The minimum Gasteiger partial charge on any atom is -0.480 e. The number of amides is 1. The molecule has 1 aromatic rings. The fourth-order valence-corrected chi connectivity index (χ4v) is 3.40. The van der Waals surface area contributed by atoms with E-state index in [1.807, 2.05) is 6.07 Å². The Balaban J connectivity index is 2.09. The van der Waals surface area contributed by atoms with Crippen LogP contribution < -0.4 is 0 Å². The predicted octanol–water partition coefficient (Wildman–Crippen LogP) is -0.255. The Hall–Kier alpha value is -2.48. The van der Waals surface area contributed by atoms with Gasteiger partial charge in [-0.25, -0.2) is 8.42 Å². The molecule has 0 saturated carbocycles. The SMILES string of the molecule is CS(=O)(=O)N(CC(=O)O)CC1CN(C(=O)c2cccc(C#N)c2)CCO1. The maximum absolute atomic E-state index is 12.6. The van der Waals surface area contributed by atoms with Crippen molar-refractivity contribution in [1.82, 2.24) is 9.21 Å². The molecule has 1 aliphatic heterocycles. The number of nitriles is 1. The number of rotatable bonds is 6. The largest absolute Gasteiger partial charge is 0.480 e. The van der Waals surface area contributed by atoms with Crippen molar-refractivity contribution < 1.29 is 27.9 Å². The zero-order valence-electron chi connectivity index (χ0n) is 14.2. The molecule has 0 radical (unpaired) electrons. The van der Waals surface area contributed by atoms with E-state index in [9.17, 15) is 18.0 Å². The second-order valence-corrected chi connectivity index (χ2v) is 7.87. The van der Waals surface area contributed by atoms with Crippen LogP contribution in [0, 0.1) is 11.3 Å². The summed E-state index contributed by atoms with van der Waals surface area (Å²) in [6, 6.07) is 8.26. The van der Waals surface area contributed by atoms with Crippen molar-refractivity contribution in [2.24, 2.45) is 0 Å². The molecule has 0 aromatic heterocycles. The molecule has 1 unspecified atom stereocenters. The van der Waals surface area contributed by atoms with E-state index in [1.165, 1.54) is 11.0 Å². The van der Waals surface area contributed by atoms with Gasteiger partial charge in [0, 0.05) is 25.2 Å². The average molecular weight is 381 g/mol. The van der Waals surface area contributed by atoms with Crippen molar-refractivity contribution in [2.45, 2.75) is 6.10 Å². The standard InChI is InChI=1S/C16H19N3O6S/c1-26(23,24)19(11-15(20)21)10-14-9-18(5-6-25-14)16(22)13-4-2-3-12(7-13)8-17/h2-4,7,14H,5-6,9-11H2,1H3,(H,20,21). The highest BCUT2D eigenvalue weighted by molar-refractivity contribution is 7.88. The van der Waals surface area contributed by atoms with Crippen molar-refractivity contribution in [1.29, 1.82) is 5.26 Å². The molecule has 0 bridgehead atoms. The number of carboxylic acids is 1. The molecule has 2 rings (SSSR count). The second-order valence-electron chi connectivity index (χ2n) is 5.89. The van der Waals surface area contributed by atoms with Crippen molar-refractivity contribution in [3.05, 3.63) is 35.4 Å². The zero-order valence-corrected chi connectivity index (χ0v) is 15.0. The van der Waals surface area contributed by atoms with Crippen molar-refractivity contribution in [2.75, 3.05) is 39.0 Å². The molecule has 9 nitrogen and oxygen atoms in total. The van der Waals surface area contributed by atoms with Crippen LogP contribution in [0.5, 0.6) is 0 Å². The average Bonchev–Trinajstić information content (AvgIpc) is 2.59.